The molecule has 83 heavy (non-hydrogen) atoms. The Morgan fingerprint density at radius 3 is 1.58 bits per heavy atom. The maximum absolute atomic E-state index is 13.8. The number of thioether (sulfide) groups is 1. The van der Waals surface area contributed by atoms with Crippen molar-refractivity contribution in [3.8, 4) is 28.7 Å². The zero-order chi connectivity index (χ0) is 59.1. The van der Waals surface area contributed by atoms with Crippen molar-refractivity contribution in [3.05, 3.63) is 82.2 Å². The van der Waals surface area contributed by atoms with Crippen molar-refractivity contribution in [1.29, 1.82) is 0 Å². The zero-order valence-corrected chi connectivity index (χ0v) is 50.8. The molecule has 0 spiro atoms. The van der Waals surface area contributed by atoms with Crippen LogP contribution in [0.15, 0.2) is 69.7 Å². The first-order valence-electron chi connectivity index (χ1n) is 28.5. The lowest BCUT2D eigenvalue weighted by Gasteiger charge is -2.28. The average molecular weight is 1170 g/mol. The molecule has 2 atom stereocenters. The molecule has 7 rings (SSSR count). The number of carbonyl (C=O) groups is 3. The molecular weight excluding hydrogens is 1090 g/mol. The molecule has 0 saturated carbocycles. The maximum atomic E-state index is 13.8. The summed E-state index contributed by atoms with van der Waals surface area (Å²) in [5.74, 6) is 1.53. The number of pyridine rings is 1. The third-order valence-electron chi connectivity index (χ3n) is 14.6. The number of ether oxygens (including phenoxy) is 11. The van der Waals surface area contributed by atoms with E-state index in [-0.39, 0.29) is 73.9 Å². The number of fused-ring (bicyclic) bond motifs is 4. The minimum absolute atomic E-state index is 0.0340. The lowest BCUT2D eigenvalue weighted by atomic mass is 10.1. The van der Waals surface area contributed by atoms with Crippen molar-refractivity contribution in [1.82, 2.24) is 24.6 Å². The number of allylic oxidation sites excluding steroid dienone is 2. The van der Waals surface area contributed by atoms with Crippen molar-refractivity contribution >= 4 is 53.3 Å². The fraction of sp³-hybridized carbons (Fsp3) is 0.574. The highest BCUT2D eigenvalue weighted by molar-refractivity contribution is 7.99. The molecule has 4 aliphatic rings. The van der Waals surface area contributed by atoms with Crippen LogP contribution in [0.25, 0.3) is 0 Å². The van der Waals surface area contributed by atoms with Gasteiger partial charge in [0.1, 0.15) is 25.6 Å². The lowest BCUT2D eigenvalue weighted by molar-refractivity contribution is -0.133. The van der Waals surface area contributed by atoms with Crippen molar-refractivity contribution in [2.45, 2.75) is 77.0 Å². The summed E-state index contributed by atoms with van der Waals surface area (Å²) in [5.41, 5.74) is 5.14. The maximum Gasteiger partial charge on any atom is 0.257 e. The van der Waals surface area contributed by atoms with Gasteiger partial charge in [-0.2, -0.15) is 11.8 Å². The summed E-state index contributed by atoms with van der Waals surface area (Å²) >= 11 is 1.84. The van der Waals surface area contributed by atoms with Crippen molar-refractivity contribution in [2.24, 2.45) is 9.98 Å². The van der Waals surface area contributed by atoms with Gasteiger partial charge in [-0.05, 0) is 66.0 Å². The number of hydrogen-bond donors (Lipinski definition) is 0. The Kier molecular flexibility index (Phi) is 25.5. The second-order valence-corrected chi connectivity index (χ2v) is 22.5. The Hall–Kier alpha value is -6.11. The predicted octanol–water partition coefficient (Wildman–Crippen LogP) is 7.41. The monoisotopic (exact) mass is 1170 g/mol. The van der Waals surface area contributed by atoms with Gasteiger partial charge in [-0.25, -0.2) is 0 Å². The van der Waals surface area contributed by atoms with Crippen LogP contribution >= 0.6 is 11.8 Å². The Labute approximate surface area is 493 Å². The molecule has 3 aromatic rings. The van der Waals surface area contributed by atoms with Crippen LogP contribution in [0.4, 0.5) is 11.4 Å². The molecule has 1 aromatic heterocycles. The minimum atomic E-state index is -0.142. The normalized spacial score (nSPS) is 17.4. The number of aliphatic imine (C=N–C) groups is 2. The van der Waals surface area contributed by atoms with Crippen LogP contribution in [0, 0.1) is 0 Å². The third kappa shape index (κ3) is 18.9. The van der Waals surface area contributed by atoms with E-state index >= 15 is 0 Å². The van der Waals surface area contributed by atoms with Crippen molar-refractivity contribution in [3.63, 3.8) is 0 Å². The number of benzene rings is 2. The quantitative estimate of drug-likeness (QED) is 0.0411. The molecule has 21 nitrogen and oxygen atoms in total. The van der Waals surface area contributed by atoms with Gasteiger partial charge < -0.3 is 71.7 Å². The van der Waals surface area contributed by atoms with Crippen molar-refractivity contribution in [2.75, 3.05) is 153 Å². The van der Waals surface area contributed by atoms with Gasteiger partial charge in [-0.1, -0.05) is 23.3 Å². The van der Waals surface area contributed by atoms with E-state index in [2.05, 4.69) is 44.2 Å². The lowest BCUT2D eigenvalue weighted by Crippen LogP contribution is -2.38. The van der Waals surface area contributed by atoms with Gasteiger partial charge in [-0.15, -0.1) is 0 Å². The van der Waals surface area contributed by atoms with E-state index in [4.69, 9.17) is 67.1 Å². The standard InChI is InChI=1S/C61H85N7O14S/c1-10-43-28-47-36-62-52-34-56(54(73-7)32-50(52)59(70)67(47)38-43)81-40-45-30-49(31-46(64-45)41-82-57-35-53-51(33-55(57)74-8)60(71)68-39-44(11-2)29-48(68)37-63-53)80-19-15-66(58(69)12-16-75-22-25-79-27-26-78-21-20-72-6)14-18-77-24-23-76-17-13-65(5)42-61(3,4)83-9/h10-11,30-37,47-48H,12-29,38-42H2,1-9H3/b43-10+,44-11+/t47-,48?/m0/s1. The number of amides is 3. The van der Waals surface area contributed by atoms with Crippen LogP contribution in [0.1, 0.15) is 79.1 Å². The topological polar surface area (TPSA) is 203 Å². The van der Waals surface area contributed by atoms with Gasteiger partial charge in [0, 0.05) is 81.3 Å². The smallest absolute Gasteiger partial charge is 0.257 e. The summed E-state index contributed by atoms with van der Waals surface area (Å²) in [6, 6.07) is 10.0. The molecule has 0 N–H and O–H groups in total. The summed E-state index contributed by atoms with van der Waals surface area (Å²) in [6.45, 7) is 16.4. The first kappa shape index (κ1) is 64.5. The molecule has 3 amide bonds. The summed E-state index contributed by atoms with van der Waals surface area (Å²) in [7, 11) is 6.77. The largest absolute Gasteiger partial charge is 0.493 e. The van der Waals surface area contributed by atoms with Crippen LogP contribution in [0.2, 0.25) is 0 Å². The molecule has 0 bridgehead atoms. The van der Waals surface area contributed by atoms with Crippen LogP contribution in [0.5, 0.6) is 28.7 Å². The van der Waals surface area contributed by atoms with E-state index in [1.165, 1.54) is 25.4 Å². The molecule has 2 fully saturated rings. The predicted molar refractivity (Wildman–Crippen MR) is 319 cm³/mol. The van der Waals surface area contributed by atoms with Crippen LogP contribution in [0.3, 0.4) is 0 Å². The molecule has 454 valence electrons. The van der Waals surface area contributed by atoms with Gasteiger partial charge in [0.2, 0.25) is 5.91 Å². The first-order chi connectivity index (χ1) is 40.3. The highest BCUT2D eigenvalue weighted by Crippen LogP contribution is 2.41. The van der Waals surface area contributed by atoms with E-state index < -0.39 is 0 Å². The molecule has 5 heterocycles. The third-order valence-corrected chi connectivity index (χ3v) is 15.8. The van der Waals surface area contributed by atoms with Gasteiger partial charge in [0.15, 0.2) is 23.0 Å². The highest BCUT2D eigenvalue weighted by atomic mass is 32.2. The summed E-state index contributed by atoms with van der Waals surface area (Å²) in [6.07, 6.45) is 11.5. The SMILES string of the molecule is C/C=C1\CC2C=Nc3cc(OCc4cc(OCCN(CCOCCOCCN(C)CC(C)(C)SC)C(=O)CCOCCOCCOCCOC)cc(COc5cc6c(cc5OC)C(=O)N5C/C(=C/C)C[C@H]5C=N6)n4)c(OC)cc3C(=O)N2C1. The Morgan fingerprint density at radius 2 is 1.10 bits per heavy atom. The van der Waals surface area contributed by atoms with E-state index in [9.17, 15) is 14.4 Å². The molecular formula is C61H85N7O14S. The Morgan fingerprint density at radius 1 is 0.627 bits per heavy atom. The molecule has 2 saturated heterocycles. The number of aromatic nitrogens is 1. The van der Waals surface area contributed by atoms with E-state index in [1.807, 2.05) is 47.8 Å². The summed E-state index contributed by atoms with van der Waals surface area (Å²) in [4.78, 5) is 63.5. The van der Waals surface area contributed by atoms with Gasteiger partial charge in [0.05, 0.1) is 146 Å². The fourth-order valence-corrected chi connectivity index (χ4v) is 10.2. The van der Waals surface area contributed by atoms with Gasteiger partial charge in [-0.3, -0.25) is 29.4 Å². The minimum Gasteiger partial charge on any atom is -0.493 e. The molecule has 0 aliphatic carbocycles. The molecule has 1 unspecified atom stereocenters. The molecule has 0 radical (unpaired) electrons. The number of nitrogens with zero attached hydrogens (tertiary/aromatic N) is 7. The van der Waals surface area contributed by atoms with Gasteiger partial charge >= 0.3 is 0 Å². The fourth-order valence-electron chi connectivity index (χ4n) is 9.83. The van der Waals surface area contributed by atoms with E-state index in [0.29, 0.717) is 148 Å². The zero-order valence-electron chi connectivity index (χ0n) is 49.9. The van der Waals surface area contributed by atoms with Gasteiger partial charge in [0.25, 0.3) is 11.8 Å². The molecule has 22 heteroatoms. The van der Waals surface area contributed by atoms with Crippen LogP contribution < -0.4 is 23.7 Å². The Bertz CT molecular complexity index is 2620. The van der Waals surface area contributed by atoms with E-state index in [1.54, 1.807) is 48.4 Å². The number of hydrogen-bond acceptors (Lipinski definition) is 19. The number of methoxy groups -OCH3 is 3. The van der Waals surface area contributed by atoms with Crippen LogP contribution in [-0.2, 0) is 46.4 Å². The Balaban J connectivity index is 1.04. The number of carbonyl (C=O) groups excluding carboxylic acids is 3. The summed E-state index contributed by atoms with van der Waals surface area (Å²) < 4.78 is 64.7. The molecule has 2 aromatic carbocycles. The van der Waals surface area contributed by atoms with E-state index in [0.717, 1.165) is 25.9 Å². The van der Waals surface area contributed by atoms with Crippen LogP contribution in [-0.4, -0.2) is 225 Å². The second kappa shape index (κ2) is 32.8. The molecule has 4 aliphatic heterocycles. The summed E-state index contributed by atoms with van der Waals surface area (Å²) in [5, 5.41) is 0. The van der Waals surface area contributed by atoms with Crippen molar-refractivity contribution < 1.29 is 66.5 Å². The highest BCUT2D eigenvalue weighted by Gasteiger charge is 2.36. The number of rotatable bonds is 36. The number of likely N-dealkylation sites (N-methyl/N-ethyl adjacent to an activating group) is 1. The average Bonchev–Trinajstić information content (AvgIpc) is 3.40. The first-order valence-corrected chi connectivity index (χ1v) is 29.7. The second-order valence-electron chi connectivity index (χ2n) is 21.0.